The van der Waals surface area contributed by atoms with Crippen LogP contribution in [0.25, 0.3) is 0 Å². The highest BCUT2D eigenvalue weighted by Gasteiger charge is 2.48. The van der Waals surface area contributed by atoms with Gasteiger partial charge in [-0.15, -0.1) is 11.3 Å². The number of benzene rings is 1. The summed E-state index contributed by atoms with van der Waals surface area (Å²) in [6, 6.07) is -1.41. The Hall–Kier alpha value is -2.37. The van der Waals surface area contributed by atoms with Crippen molar-refractivity contribution < 1.29 is 33.4 Å². The van der Waals surface area contributed by atoms with Gasteiger partial charge in [-0.2, -0.15) is 0 Å². The van der Waals surface area contributed by atoms with E-state index in [1.54, 1.807) is 20.8 Å². The summed E-state index contributed by atoms with van der Waals surface area (Å²) < 4.78 is 10.4. The van der Waals surface area contributed by atoms with Crippen molar-refractivity contribution in [3.05, 3.63) is 47.2 Å². The Kier molecular flexibility index (Phi) is 9.36. The zero-order valence-electron chi connectivity index (χ0n) is 21.6. The fourth-order valence-corrected chi connectivity index (χ4v) is 7.06. The molecule has 0 saturated carbocycles. The highest BCUT2D eigenvalue weighted by Crippen LogP contribution is 2.45. The number of nitrogens with one attached hydrogen (secondary N) is 1. The van der Waals surface area contributed by atoms with Crippen LogP contribution in [0.4, 0.5) is 5.00 Å². The smallest absolute Gasteiger partial charge is 0.341 e. The van der Waals surface area contributed by atoms with Gasteiger partial charge in [0.05, 0.1) is 43.4 Å². The van der Waals surface area contributed by atoms with Crippen LogP contribution in [0, 0.1) is 5.92 Å². The number of hydrogen-bond acceptors (Lipinski definition) is 8. The predicted molar refractivity (Wildman–Crippen MR) is 152 cm³/mol. The first-order valence-electron chi connectivity index (χ1n) is 12.4. The highest BCUT2D eigenvalue weighted by molar-refractivity contribution is 7.17. The van der Waals surface area contributed by atoms with Crippen molar-refractivity contribution in [3.63, 3.8) is 0 Å². The molecule has 0 fully saturated rings. The van der Waals surface area contributed by atoms with Gasteiger partial charge < -0.3 is 14.8 Å². The molecule has 1 unspecified atom stereocenters. The Morgan fingerprint density at radius 3 is 2.05 bits per heavy atom. The molecule has 14 heteroatoms. The molecule has 0 bridgehead atoms. The molecule has 0 saturated heterocycles. The summed E-state index contributed by atoms with van der Waals surface area (Å²) in [5.74, 6) is -4.63. The van der Waals surface area contributed by atoms with E-state index in [1.807, 2.05) is 0 Å². The normalized spacial score (nSPS) is 15.2. The van der Waals surface area contributed by atoms with Gasteiger partial charge in [0.2, 0.25) is 0 Å². The van der Waals surface area contributed by atoms with Crippen LogP contribution < -0.4 is 5.32 Å². The molecule has 1 aliphatic heterocycles. The van der Waals surface area contributed by atoms with Gasteiger partial charge in [0.1, 0.15) is 11.0 Å². The lowest BCUT2D eigenvalue weighted by atomic mass is 9.95. The molecule has 214 valence electrons. The van der Waals surface area contributed by atoms with Gasteiger partial charge in [-0.1, -0.05) is 60.3 Å². The number of aryl methyl sites for hydroxylation is 1. The van der Waals surface area contributed by atoms with Gasteiger partial charge in [0.25, 0.3) is 17.7 Å². The van der Waals surface area contributed by atoms with Crippen molar-refractivity contribution in [2.24, 2.45) is 5.92 Å². The van der Waals surface area contributed by atoms with E-state index >= 15 is 0 Å². The number of hydrogen-bond donors (Lipinski definition) is 1. The summed E-state index contributed by atoms with van der Waals surface area (Å²) in [5.41, 5.74) is 0.647. The van der Waals surface area contributed by atoms with Gasteiger partial charge in [-0.05, 0) is 44.1 Å². The van der Waals surface area contributed by atoms with Crippen molar-refractivity contribution in [1.29, 1.82) is 0 Å². The van der Waals surface area contributed by atoms with E-state index < -0.39 is 48.2 Å². The number of imide groups is 1. The van der Waals surface area contributed by atoms with Crippen molar-refractivity contribution in [2.75, 3.05) is 18.5 Å². The third kappa shape index (κ3) is 5.44. The molecule has 2 aromatic rings. The molecule has 0 spiro atoms. The van der Waals surface area contributed by atoms with E-state index in [1.165, 1.54) is 11.3 Å². The van der Waals surface area contributed by atoms with Gasteiger partial charge in [-0.3, -0.25) is 19.3 Å². The Labute approximate surface area is 254 Å². The van der Waals surface area contributed by atoms with Crippen LogP contribution in [-0.2, 0) is 31.9 Å². The summed E-state index contributed by atoms with van der Waals surface area (Å²) in [7, 11) is 0. The lowest BCUT2D eigenvalue weighted by molar-refractivity contribution is -0.152. The lowest BCUT2D eigenvalue weighted by Gasteiger charge is -2.27. The molecule has 40 heavy (non-hydrogen) atoms. The second kappa shape index (κ2) is 12.2. The maximum Gasteiger partial charge on any atom is 0.341 e. The van der Waals surface area contributed by atoms with Crippen LogP contribution in [0.1, 0.15) is 75.1 Å². The van der Waals surface area contributed by atoms with E-state index in [0.717, 1.165) is 29.7 Å². The Morgan fingerprint density at radius 1 is 0.925 bits per heavy atom. The molecule has 1 aromatic heterocycles. The van der Waals surface area contributed by atoms with Crippen LogP contribution in [0.3, 0.4) is 0 Å². The summed E-state index contributed by atoms with van der Waals surface area (Å²) in [6.07, 6.45) is 3.39. The average Bonchev–Trinajstić information content (AvgIpc) is 3.39. The van der Waals surface area contributed by atoms with Crippen molar-refractivity contribution >= 4 is 92.4 Å². The molecular formula is C26H24Cl4N2O7S. The van der Waals surface area contributed by atoms with Crippen molar-refractivity contribution in [3.8, 4) is 0 Å². The lowest BCUT2D eigenvalue weighted by Crippen LogP contribution is -2.49. The fourth-order valence-electron chi connectivity index (χ4n) is 4.75. The van der Waals surface area contributed by atoms with Crippen LogP contribution in [0.2, 0.25) is 20.1 Å². The minimum atomic E-state index is -1.41. The SMILES string of the molecule is CCOC(=O)c1c(NC(=O)COC(=O)C(C(C)C)N2C(=O)c3c(Cl)c(Cl)c(Cl)c(Cl)c3C2=O)sc2c1CCCC2. The van der Waals surface area contributed by atoms with E-state index in [-0.39, 0.29) is 37.8 Å². The molecule has 2 heterocycles. The molecular weight excluding hydrogens is 626 g/mol. The molecule has 1 N–H and O–H groups in total. The van der Waals surface area contributed by atoms with Crippen molar-refractivity contribution in [1.82, 2.24) is 4.90 Å². The number of carbonyl (C=O) groups excluding carboxylic acids is 5. The molecule has 3 amide bonds. The largest absolute Gasteiger partial charge is 0.462 e. The topological polar surface area (TPSA) is 119 Å². The standard InChI is InChI=1S/C26H24Cl4N2O7S/c1-4-38-25(36)14-11-7-5-6-8-12(11)40-22(14)31-13(33)9-39-26(37)21(10(2)3)32-23(34)15-16(24(32)35)18(28)20(30)19(29)17(15)27/h10,21H,4-9H2,1-3H3,(H,31,33). The molecule has 2 aliphatic rings. The monoisotopic (exact) mass is 648 g/mol. The number of ether oxygens (including phenoxy) is 2. The summed E-state index contributed by atoms with van der Waals surface area (Å²) >= 11 is 25.8. The number of rotatable bonds is 8. The first-order chi connectivity index (χ1) is 18.9. The number of fused-ring (bicyclic) bond motifs is 2. The first kappa shape index (κ1) is 30.6. The zero-order chi connectivity index (χ0) is 29.5. The molecule has 0 radical (unpaired) electrons. The summed E-state index contributed by atoms with van der Waals surface area (Å²) in [5, 5.41) is 2.04. The molecule has 1 atom stereocenters. The third-order valence-corrected chi connectivity index (χ3v) is 9.54. The van der Waals surface area contributed by atoms with Gasteiger partial charge >= 0.3 is 11.9 Å². The van der Waals surface area contributed by atoms with Crippen LogP contribution in [0.5, 0.6) is 0 Å². The Bertz CT molecular complexity index is 1390. The number of halogens is 4. The van der Waals surface area contributed by atoms with E-state index in [9.17, 15) is 24.0 Å². The van der Waals surface area contributed by atoms with Crippen LogP contribution in [0.15, 0.2) is 0 Å². The number of esters is 2. The maximum atomic E-state index is 13.3. The van der Waals surface area contributed by atoms with Crippen LogP contribution in [-0.4, -0.2) is 53.8 Å². The van der Waals surface area contributed by atoms with Gasteiger partial charge in [-0.25, -0.2) is 9.59 Å². The van der Waals surface area contributed by atoms with Crippen molar-refractivity contribution in [2.45, 2.75) is 52.5 Å². The summed E-state index contributed by atoms with van der Waals surface area (Å²) in [4.78, 5) is 66.8. The Morgan fingerprint density at radius 2 is 1.50 bits per heavy atom. The number of carbonyl (C=O) groups is 5. The van der Waals surface area contributed by atoms with E-state index in [4.69, 9.17) is 55.9 Å². The third-order valence-electron chi connectivity index (χ3n) is 6.53. The second-order valence-corrected chi connectivity index (χ2v) is 12.1. The number of amides is 3. The molecule has 9 nitrogen and oxygen atoms in total. The number of nitrogens with zero attached hydrogens (tertiary/aromatic N) is 1. The van der Waals surface area contributed by atoms with Gasteiger partial charge in [0.15, 0.2) is 6.61 Å². The predicted octanol–water partition coefficient (Wildman–Crippen LogP) is 6.22. The molecule has 1 aliphatic carbocycles. The Balaban J connectivity index is 1.52. The second-order valence-electron chi connectivity index (χ2n) is 9.47. The van der Waals surface area contributed by atoms with E-state index in [0.29, 0.717) is 21.9 Å². The minimum absolute atomic E-state index is 0.178. The fraction of sp³-hybridized carbons (Fsp3) is 0.423. The first-order valence-corrected chi connectivity index (χ1v) is 14.7. The number of anilines is 1. The minimum Gasteiger partial charge on any atom is -0.462 e. The van der Waals surface area contributed by atoms with Crippen LogP contribution >= 0.6 is 57.7 Å². The highest BCUT2D eigenvalue weighted by atomic mass is 35.5. The average molecular weight is 650 g/mol. The maximum absolute atomic E-state index is 13.3. The summed E-state index contributed by atoms with van der Waals surface area (Å²) in [6.45, 7) is 4.34. The zero-order valence-corrected chi connectivity index (χ0v) is 25.5. The quantitative estimate of drug-likeness (QED) is 0.156. The number of thiophene rings is 1. The molecule has 4 rings (SSSR count). The molecule has 1 aromatic carbocycles. The van der Waals surface area contributed by atoms with E-state index in [2.05, 4.69) is 5.32 Å². The van der Waals surface area contributed by atoms with Gasteiger partial charge in [0, 0.05) is 4.88 Å².